The first kappa shape index (κ1) is 17.7. The molecule has 1 heterocycles. The Kier molecular flexibility index (Phi) is 5.05. The molecule has 0 unspecified atom stereocenters. The van der Waals surface area contributed by atoms with Crippen molar-refractivity contribution < 1.29 is 13.2 Å². The molecule has 0 saturated carbocycles. The molecule has 1 amide bonds. The van der Waals surface area contributed by atoms with Gasteiger partial charge in [-0.1, -0.05) is 18.2 Å². The van der Waals surface area contributed by atoms with E-state index >= 15 is 0 Å². The smallest absolute Gasteiger partial charge is 0.251 e. The topological polar surface area (TPSA) is 119 Å². The molecule has 0 radical (unpaired) electrons. The lowest BCUT2D eigenvalue weighted by atomic mass is 10.2. The predicted molar refractivity (Wildman–Crippen MR) is 93.0 cm³/mol. The Balaban J connectivity index is 1.76. The maximum atomic E-state index is 12.4. The van der Waals surface area contributed by atoms with Crippen LogP contribution in [0, 0.1) is 0 Å². The molecule has 0 saturated heterocycles. The van der Waals surface area contributed by atoms with Crippen LogP contribution in [0.25, 0.3) is 5.69 Å². The second kappa shape index (κ2) is 7.42. The zero-order valence-electron chi connectivity index (χ0n) is 13.8. The standard InChI is InChI=1S/C16H16N6O3S/c1-17-16(23)12-7-9-14(10-8-12)26(24,25)18-11-15-19-20-21-22(15)13-5-3-2-4-6-13/h2-10,18H,11H2,1H3,(H,17,23). The summed E-state index contributed by atoms with van der Waals surface area (Å²) in [6, 6.07) is 14.8. The van der Waals surface area contributed by atoms with Crippen LogP contribution in [0.4, 0.5) is 0 Å². The van der Waals surface area contributed by atoms with Crippen LogP contribution in [0.5, 0.6) is 0 Å². The van der Waals surface area contributed by atoms with Gasteiger partial charge in [0.05, 0.1) is 17.1 Å². The van der Waals surface area contributed by atoms with E-state index in [9.17, 15) is 13.2 Å². The maximum Gasteiger partial charge on any atom is 0.251 e. The van der Waals surface area contributed by atoms with Crippen molar-refractivity contribution in [2.24, 2.45) is 0 Å². The van der Waals surface area contributed by atoms with Crippen LogP contribution in [0.3, 0.4) is 0 Å². The highest BCUT2D eigenvalue weighted by atomic mass is 32.2. The Morgan fingerprint density at radius 3 is 2.42 bits per heavy atom. The van der Waals surface area contributed by atoms with Crippen molar-refractivity contribution in [1.29, 1.82) is 0 Å². The summed E-state index contributed by atoms with van der Waals surface area (Å²) in [4.78, 5) is 11.6. The largest absolute Gasteiger partial charge is 0.355 e. The first-order chi connectivity index (χ1) is 12.5. The fraction of sp³-hybridized carbons (Fsp3) is 0.125. The van der Waals surface area contributed by atoms with Crippen LogP contribution >= 0.6 is 0 Å². The number of hydrogen-bond acceptors (Lipinski definition) is 6. The molecule has 3 aromatic rings. The van der Waals surface area contributed by atoms with E-state index in [1.54, 1.807) is 0 Å². The zero-order valence-corrected chi connectivity index (χ0v) is 14.6. The number of carbonyl (C=O) groups excluding carboxylic acids is 1. The molecule has 134 valence electrons. The number of amides is 1. The number of nitrogens with zero attached hydrogens (tertiary/aromatic N) is 4. The molecule has 0 bridgehead atoms. The quantitative estimate of drug-likeness (QED) is 0.650. The van der Waals surface area contributed by atoms with Gasteiger partial charge in [0.15, 0.2) is 5.82 Å². The Bertz CT molecular complexity index is 1000. The molecule has 9 nitrogen and oxygen atoms in total. The average molecular weight is 372 g/mol. The van der Waals surface area contributed by atoms with Gasteiger partial charge in [0.2, 0.25) is 10.0 Å². The highest BCUT2D eigenvalue weighted by molar-refractivity contribution is 7.89. The van der Waals surface area contributed by atoms with Crippen LogP contribution < -0.4 is 10.0 Å². The average Bonchev–Trinajstić information content (AvgIpc) is 3.15. The van der Waals surface area contributed by atoms with Gasteiger partial charge in [-0.2, -0.15) is 4.68 Å². The van der Waals surface area contributed by atoms with E-state index in [-0.39, 0.29) is 17.3 Å². The van der Waals surface area contributed by atoms with Crippen molar-refractivity contribution in [1.82, 2.24) is 30.2 Å². The molecule has 0 aliphatic rings. The van der Waals surface area contributed by atoms with Crippen LogP contribution in [0.2, 0.25) is 0 Å². The second-order valence-electron chi connectivity index (χ2n) is 5.27. The molecule has 10 heteroatoms. The fourth-order valence-electron chi connectivity index (χ4n) is 2.26. The SMILES string of the molecule is CNC(=O)c1ccc(S(=O)(=O)NCc2nnnn2-c2ccccc2)cc1. The second-order valence-corrected chi connectivity index (χ2v) is 7.04. The van der Waals surface area contributed by atoms with E-state index < -0.39 is 10.0 Å². The summed E-state index contributed by atoms with van der Waals surface area (Å²) >= 11 is 0. The minimum Gasteiger partial charge on any atom is -0.355 e. The number of para-hydroxylation sites is 1. The number of nitrogens with one attached hydrogen (secondary N) is 2. The van der Waals surface area contributed by atoms with Crippen LogP contribution in [0.15, 0.2) is 59.5 Å². The van der Waals surface area contributed by atoms with Gasteiger partial charge in [0.1, 0.15) is 0 Å². The summed E-state index contributed by atoms with van der Waals surface area (Å²) in [5.41, 5.74) is 1.10. The van der Waals surface area contributed by atoms with E-state index in [0.717, 1.165) is 5.69 Å². The number of sulfonamides is 1. The number of tetrazole rings is 1. The number of carbonyl (C=O) groups is 1. The van der Waals surface area contributed by atoms with Gasteiger partial charge in [-0.25, -0.2) is 13.1 Å². The van der Waals surface area contributed by atoms with Gasteiger partial charge in [0.25, 0.3) is 5.91 Å². The molecule has 2 N–H and O–H groups in total. The van der Waals surface area contributed by atoms with Crippen molar-refractivity contribution in [3.63, 3.8) is 0 Å². The molecule has 0 aliphatic heterocycles. The number of benzene rings is 2. The third-order valence-electron chi connectivity index (χ3n) is 3.61. The molecular formula is C16H16N6O3S. The zero-order chi connectivity index (χ0) is 18.6. The third-order valence-corrected chi connectivity index (χ3v) is 5.03. The molecule has 1 aromatic heterocycles. The number of hydrogen-bond donors (Lipinski definition) is 2. The summed E-state index contributed by atoms with van der Waals surface area (Å²) < 4.78 is 28.8. The first-order valence-corrected chi connectivity index (χ1v) is 9.14. The van der Waals surface area contributed by atoms with E-state index in [1.165, 1.54) is 36.0 Å². The summed E-state index contributed by atoms with van der Waals surface area (Å²) in [5, 5.41) is 13.8. The van der Waals surface area contributed by atoms with E-state index in [1.807, 2.05) is 30.3 Å². The highest BCUT2D eigenvalue weighted by Gasteiger charge is 2.17. The van der Waals surface area contributed by atoms with Crippen LogP contribution in [-0.2, 0) is 16.6 Å². The Labute approximate surface area is 150 Å². The summed E-state index contributed by atoms with van der Waals surface area (Å²) in [6.45, 7) is -0.0819. The summed E-state index contributed by atoms with van der Waals surface area (Å²) in [5.74, 6) is 0.0608. The van der Waals surface area contributed by atoms with Crippen molar-refractivity contribution >= 4 is 15.9 Å². The molecule has 2 aromatic carbocycles. The molecular weight excluding hydrogens is 356 g/mol. The number of rotatable bonds is 6. The lowest BCUT2D eigenvalue weighted by Gasteiger charge is -2.08. The molecule has 3 rings (SSSR count). The van der Waals surface area contributed by atoms with Gasteiger partial charge in [-0.3, -0.25) is 4.79 Å². The van der Waals surface area contributed by atoms with Crippen molar-refractivity contribution in [2.75, 3.05) is 7.05 Å². The third kappa shape index (κ3) is 3.76. The lowest BCUT2D eigenvalue weighted by molar-refractivity contribution is 0.0963. The van der Waals surface area contributed by atoms with Gasteiger partial charge >= 0.3 is 0 Å². The predicted octanol–water partition coefficient (Wildman–Crippen LogP) is 0.500. The van der Waals surface area contributed by atoms with Gasteiger partial charge in [-0.15, -0.1) is 5.10 Å². The van der Waals surface area contributed by atoms with Crippen LogP contribution in [-0.4, -0.2) is 41.6 Å². The monoisotopic (exact) mass is 372 g/mol. The Hall–Kier alpha value is -3.11. The molecule has 26 heavy (non-hydrogen) atoms. The van der Waals surface area contributed by atoms with Crippen molar-refractivity contribution in [3.05, 3.63) is 66.0 Å². The number of aromatic nitrogens is 4. The fourth-order valence-corrected chi connectivity index (χ4v) is 3.24. The van der Waals surface area contributed by atoms with Crippen LogP contribution in [0.1, 0.15) is 16.2 Å². The Morgan fingerprint density at radius 2 is 1.77 bits per heavy atom. The van der Waals surface area contributed by atoms with E-state index in [4.69, 9.17) is 0 Å². The van der Waals surface area contributed by atoms with E-state index in [0.29, 0.717) is 11.4 Å². The lowest BCUT2D eigenvalue weighted by Crippen LogP contribution is -2.25. The van der Waals surface area contributed by atoms with Crippen molar-refractivity contribution in [2.45, 2.75) is 11.4 Å². The minimum absolute atomic E-state index is 0.0453. The summed E-state index contributed by atoms with van der Waals surface area (Å²) in [6.07, 6.45) is 0. The van der Waals surface area contributed by atoms with Gasteiger partial charge in [-0.05, 0) is 46.8 Å². The summed E-state index contributed by atoms with van der Waals surface area (Å²) in [7, 11) is -2.27. The highest BCUT2D eigenvalue weighted by Crippen LogP contribution is 2.12. The van der Waals surface area contributed by atoms with Gasteiger partial charge in [0, 0.05) is 12.6 Å². The maximum absolute atomic E-state index is 12.4. The van der Waals surface area contributed by atoms with E-state index in [2.05, 4.69) is 25.6 Å². The molecule has 0 fully saturated rings. The van der Waals surface area contributed by atoms with Crippen molar-refractivity contribution in [3.8, 4) is 5.69 Å². The molecule has 0 aliphatic carbocycles. The van der Waals surface area contributed by atoms with Gasteiger partial charge < -0.3 is 5.32 Å². The first-order valence-electron chi connectivity index (χ1n) is 7.66. The molecule has 0 spiro atoms. The Morgan fingerprint density at radius 1 is 1.08 bits per heavy atom. The normalized spacial score (nSPS) is 11.3. The minimum atomic E-state index is -3.78. The molecule has 0 atom stereocenters.